The number of para-hydroxylation sites is 1. The second-order valence-electron chi connectivity index (χ2n) is 6.89. The van der Waals surface area contributed by atoms with E-state index in [9.17, 15) is 9.90 Å². The van der Waals surface area contributed by atoms with Gasteiger partial charge in [0.05, 0.1) is 23.6 Å². The third-order valence-electron chi connectivity index (χ3n) is 5.26. The topological polar surface area (TPSA) is 75.7 Å². The van der Waals surface area contributed by atoms with Crippen molar-refractivity contribution in [3.05, 3.63) is 40.4 Å². The quantitative estimate of drug-likeness (QED) is 0.776. The first kappa shape index (κ1) is 16.2. The number of rotatable bonds is 3. The highest BCUT2D eigenvalue weighted by Crippen LogP contribution is 2.20. The summed E-state index contributed by atoms with van der Waals surface area (Å²) in [6.07, 6.45) is 0.664. The zero-order chi connectivity index (χ0) is 17.6. The lowest BCUT2D eigenvalue weighted by atomic mass is 9.96. The van der Waals surface area contributed by atoms with E-state index in [1.807, 2.05) is 35.6 Å². The van der Waals surface area contributed by atoms with E-state index in [2.05, 4.69) is 22.0 Å². The summed E-state index contributed by atoms with van der Waals surface area (Å²) in [5.74, 6) is 1.71. The van der Waals surface area contributed by atoms with Crippen molar-refractivity contribution in [1.82, 2.24) is 24.1 Å². The smallest absolute Gasteiger partial charge is 0.262 e. The summed E-state index contributed by atoms with van der Waals surface area (Å²) in [5.41, 5.74) is 0.796. The molecule has 2 unspecified atom stereocenters. The molecule has 0 radical (unpaired) electrons. The van der Waals surface area contributed by atoms with Crippen molar-refractivity contribution < 1.29 is 5.11 Å². The Morgan fingerprint density at radius 3 is 2.84 bits per heavy atom. The Morgan fingerprint density at radius 2 is 2.08 bits per heavy atom. The monoisotopic (exact) mass is 341 g/mol. The standard InChI is InChI=1S/C18H23N5O2/c1-3-22-17(25)13-6-4-5-7-14(13)23-16(19-20-18(22)23)11-21-9-8-12(2)15(24)10-21/h4-7,12,15,24H,3,8-11H2,1-2H3. The van der Waals surface area contributed by atoms with Gasteiger partial charge in [0.15, 0.2) is 5.82 Å². The maximum absolute atomic E-state index is 12.7. The highest BCUT2D eigenvalue weighted by atomic mass is 16.3. The molecule has 7 heteroatoms. The molecule has 1 N–H and O–H groups in total. The van der Waals surface area contributed by atoms with Gasteiger partial charge in [0, 0.05) is 13.1 Å². The highest BCUT2D eigenvalue weighted by Gasteiger charge is 2.26. The summed E-state index contributed by atoms with van der Waals surface area (Å²) < 4.78 is 3.64. The summed E-state index contributed by atoms with van der Waals surface area (Å²) in [4.78, 5) is 14.9. The Balaban J connectivity index is 1.83. The number of aryl methyl sites for hydroxylation is 1. The van der Waals surface area contributed by atoms with Crippen molar-refractivity contribution in [2.75, 3.05) is 13.1 Å². The van der Waals surface area contributed by atoms with E-state index in [4.69, 9.17) is 0 Å². The zero-order valence-corrected chi connectivity index (χ0v) is 14.6. The Labute approximate surface area is 145 Å². The number of aliphatic hydroxyl groups excluding tert-OH is 1. The summed E-state index contributed by atoms with van der Waals surface area (Å²) in [7, 11) is 0. The van der Waals surface area contributed by atoms with E-state index in [-0.39, 0.29) is 11.7 Å². The molecule has 0 amide bonds. The third-order valence-corrected chi connectivity index (χ3v) is 5.26. The predicted molar refractivity (Wildman–Crippen MR) is 95.5 cm³/mol. The predicted octanol–water partition coefficient (Wildman–Crippen LogP) is 1.27. The van der Waals surface area contributed by atoms with Crippen LogP contribution in [0.3, 0.4) is 0 Å². The average Bonchev–Trinajstić information content (AvgIpc) is 3.02. The van der Waals surface area contributed by atoms with Crippen LogP contribution in [0.1, 0.15) is 26.1 Å². The van der Waals surface area contributed by atoms with Gasteiger partial charge in [-0.3, -0.25) is 18.7 Å². The second kappa shape index (κ2) is 6.24. The van der Waals surface area contributed by atoms with Gasteiger partial charge in [-0.2, -0.15) is 0 Å². The summed E-state index contributed by atoms with van der Waals surface area (Å²) in [6.45, 7) is 6.75. The minimum Gasteiger partial charge on any atom is -0.392 e. The minimum atomic E-state index is -0.307. The Bertz CT molecular complexity index is 977. The largest absolute Gasteiger partial charge is 0.392 e. The molecule has 2 aromatic heterocycles. The lowest BCUT2D eigenvalue weighted by Crippen LogP contribution is -2.42. The van der Waals surface area contributed by atoms with Crippen LogP contribution in [0.15, 0.2) is 29.1 Å². The number of piperidine rings is 1. The molecule has 1 aliphatic heterocycles. The fraction of sp³-hybridized carbons (Fsp3) is 0.500. The molecule has 0 aliphatic carbocycles. The fourth-order valence-corrected chi connectivity index (χ4v) is 3.66. The normalized spacial score (nSPS) is 22.0. The molecule has 4 rings (SSSR count). The molecule has 2 atom stereocenters. The van der Waals surface area contributed by atoms with Gasteiger partial charge in [0.1, 0.15) is 0 Å². The molecule has 0 saturated carbocycles. The average molecular weight is 341 g/mol. The number of aromatic nitrogens is 4. The van der Waals surface area contributed by atoms with E-state index in [0.717, 1.165) is 24.3 Å². The molecule has 132 valence electrons. The SMILES string of the molecule is CCn1c(=O)c2ccccc2n2c(CN3CCC(C)C(O)C3)nnc12. The molecular formula is C18H23N5O2. The van der Waals surface area contributed by atoms with Gasteiger partial charge in [-0.15, -0.1) is 10.2 Å². The maximum Gasteiger partial charge on any atom is 0.262 e. The molecule has 0 bridgehead atoms. The van der Waals surface area contributed by atoms with Crippen LogP contribution >= 0.6 is 0 Å². The first-order valence-corrected chi connectivity index (χ1v) is 8.86. The summed E-state index contributed by atoms with van der Waals surface area (Å²) in [5, 5.41) is 19.5. The summed E-state index contributed by atoms with van der Waals surface area (Å²) in [6, 6.07) is 7.58. The van der Waals surface area contributed by atoms with E-state index >= 15 is 0 Å². The van der Waals surface area contributed by atoms with Crippen LogP contribution in [0.2, 0.25) is 0 Å². The van der Waals surface area contributed by atoms with Crippen molar-refractivity contribution in [3.63, 3.8) is 0 Å². The highest BCUT2D eigenvalue weighted by molar-refractivity contribution is 5.80. The number of hydrogen-bond acceptors (Lipinski definition) is 5. The fourth-order valence-electron chi connectivity index (χ4n) is 3.66. The molecule has 1 aliphatic rings. The molecule has 1 fully saturated rings. The first-order chi connectivity index (χ1) is 12.1. The number of hydrogen-bond donors (Lipinski definition) is 1. The lowest BCUT2D eigenvalue weighted by Gasteiger charge is -2.33. The van der Waals surface area contributed by atoms with Gasteiger partial charge < -0.3 is 5.11 Å². The third kappa shape index (κ3) is 2.63. The van der Waals surface area contributed by atoms with Crippen molar-refractivity contribution in [2.45, 2.75) is 39.5 Å². The van der Waals surface area contributed by atoms with E-state index in [1.165, 1.54) is 0 Å². The van der Waals surface area contributed by atoms with Crippen molar-refractivity contribution in [3.8, 4) is 0 Å². The van der Waals surface area contributed by atoms with Gasteiger partial charge in [-0.25, -0.2) is 0 Å². The number of aliphatic hydroxyl groups is 1. The van der Waals surface area contributed by atoms with Gasteiger partial charge in [0.25, 0.3) is 5.56 Å². The second-order valence-corrected chi connectivity index (χ2v) is 6.89. The molecule has 7 nitrogen and oxygen atoms in total. The van der Waals surface area contributed by atoms with Crippen LogP contribution < -0.4 is 5.56 Å². The number of nitrogens with zero attached hydrogens (tertiary/aromatic N) is 5. The Hall–Kier alpha value is -2.25. The van der Waals surface area contributed by atoms with Crippen LogP contribution in [0.25, 0.3) is 16.7 Å². The molecule has 1 aromatic carbocycles. The van der Waals surface area contributed by atoms with E-state index in [1.54, 1.807) is 4.57 Å². The minimum absolute atomic E-state index is 0.0354. The number of likely N-dealkylation sites (tertiary alicyclic amines) is 1. The van der Waals surface area contributed by atoms with Gasteiger partial charge in [0.2, 0.25) is 5.78 Å². The summed E-state index contributed by atoms with van der Waals surface area (Å²) >= 11 is 0. The Kier molecular flexibility index (Phi) is 4.05. The van der Waals surface area contributed by atoms with Crippen LogP contribution in [-0.2, 0) is 13.1 Å². The number of β-amino-alcohol motifs (C(OH)–C–C–N with tert-alkyl or cyclic N) is 1. The molecule has 25 heavy (non-hydrogen) atoms. The molecular weight excluding hydrogens is 318 g/mol. The zero-order valence-electron chi connectivity index (χ0n) is 14.6. The molecule has 3 heterocycles. The molecule has 3 aromatic rings. The van der Waals surface area contributed by atoms with Crippen molar-refractivity contribution in [1.29, 1.82) is 0 Å². The maximum atomic E-state index is 12.7. The lowest BCUT2D eigenvalue weighted by molar-refractivity contribution is 0.0248. The van der Waals surface area contributed by atoms with E-state index in [0.29, 0.717) is 36.7 Å². The molecule has 1 saturated heterocycles. The van der Waals surface area contributed by atoms with Gasteiger partial charge in [-0.1, -0.05) is 19.1 Å². The first-order valence-electron chi connectivity index (χ1n) is 8.86. The van der Waals surface area contributed by atoms with Crippen LogP contribution in [-0.4, -0.2) is 48.4 Å². The van der Waals surface area contributed by atoms with E-state index < -0.39 is 0 Å². The number of fused-ring (bicyclic) bond motifs is 3. The van der Waals surface area contributed by atoms with Crippen LogP contribution in [0.4, 0.5) is 0 Å². The van der Waals surface area contributed by atoms with Crippen molar-refractivity contribution >= 4 is 16.7 Å². The van der Waals surface area contributed by atoms with Crippen molar-refractivity contribution in [2.24, 2.45) is 5.92 Å². The van der Waals surface area contributed by atoms with Gasteiger partial charge in [-0.05, 0) is 37.9 Å². The number of benzene rings is 1. The Morgan fingerprint density at radius 1 is 1.28 bits per heavy atom. The van der Waals surface area contributed by atoms with Crippen LogP contribution in [0.5, 0.6) is 0 Å². The molecule has 0 spiro atoms. The van der Waals surface area contributed by atoms with Crippen LogP contribution in [0, 0.1) is 5.92 Å². The van der Waals surface area contributed by atoms with Gasteiger partial charge >= 0.3 is 0 Å².